The molecule has 3 rings (SSSR count). The summed E-state index contributed by atoms with van der Waals surface area (Å²) in [4.78, 5) is 11.9. The third-order valence-electron chi connectivity index (χ3n) is 3.45. The molecule has 0 aliphatic carbocycles. The lowest BCUT2D eigenvalue weighted by atomic mass is 10.0. The van der Waals surface area contributed by atoms with E-state index in [1.807, 2.05) is 31.2 Å². The summed E-state index contributed by atoms with van der Waals surface area (Å²) >= 11 is 12.4. The lowest BCUT2D eigenvalue weighted by Crippen LogP contribution is -2.11. The minimum atomic E-state index is -0.749. The van der Waals surface area contributed by atoms with E-state index in [1.54, 1.807) is 18.2 Å². The Morgan fingerprint density at radius 1 is 1.09 bits per heavy atom. The number of benzene rings is 3. The van der Waals surface area contributed by atoms with E-state index in [2.05, 4.69) is 0 Å². The van der Waals surface area contributed by atoms with Crippen molar-refractivity contribution in [2.75, 3.05) is 6.61 Å². The van der Waals surface area contributed by atoms with E-state index >= 15 is 0 Å². The Hall–Kier alpha value is -1.97. The monoisotopic (exact) mass is 348 g/mol. The molecule has 0 bridgehead atoms. The maximum absolute atomic E-state index is 11.9. The number of hydrogen-bond acceptors (Lipinski definition) is 3. The molecule has 0 saturated heterocycles. The molecule has 0 heterocycles. The van der Waals surface area contributed by atoms with Crippen LogP contribution in [0.25, 0.3) is 21.5 Å². The predicted molar refractivity (Wildman–Crippen MR) is 93.7 cm³/mol. The molecule has 0 radical (unpaired) electrons. The zero-order chi connectivity index (χ0) is 16.4. The molecular formula is C18H14Cl2O3. The Balaban J connectivity index is 2.24. The van der Waals surface area contributed by atoms with Crippen molar-refractivity contribution in [3.8, 4) is 5.75 Å². The Morgan fingerprint density at radius 3 is 2.70 bits per heavy atom. The van der Waals surface area contributed by atoms with Crippen LogP contribution in [0.4, 0.5) is 4.79 Å². The molecule has 23 heavy (non-hydrogen) atoms. The van der Waals surface area contributed by atoms with Crippen molar-refractivity contribution < 1.29 is 14.3 Å². The molecule has 0 amide bonds. The van der Waals surface area contributed by atoms with Gasteiger partial charge >= 0.3 is 6.16 Å². The molecule has 5 heteroatoms. The number of carbonyl (C=O) groups excluding carboxylic acids is 1. The number of carbonyl (C=O) groups is 1. The highest BCUT2D eigenvalue weighted by atomic mass is 35.5. The lowest BCUT2D eigenvalue weighted by Gasteiger charge is -2.13. The predicted octanol–water partition coefficient (Wildman–Crippen LogP) is 6.23. The molecule has 0 aromatic heterocycles. The van der Waals surface area contributed by atoms with Crippen LogP contribution in [-0.4, -0.2) is 12.8 Å². The molecule has 3 nitrogen and oxygen atoms in total. The number of hydrogen-bond donors (Lipinski definition) is 0. The van der Waals surface area contributed by atoms with Crippen molar-refractivity contribution in [3.63, 3.8) is 0 Å². The molecule has 3 aromatic carbocycles. The number of rotatable bonds is 3. The maximum atomic E-state index is 11.9. The Kier molecular flexibility index (Phi) is 4.60. The smallest absolute Gasteiger partial charge is 0.434 e. The summed E-state index contributed by atoms with van der Waals surface area (Å²) in [6, 6.07) is 12.9. The third kappa shape index (κ3) is 3.21. The Bertz CT molecular complexity index is 890. The van der Waals surface area contributed by atoms with Gasteiger partial charge in [0, 0.05) is 15.8 Å². The summed E-state index contributed by atoms with van der Waals surface area (Å²) in [5.41, 5.74) is 0. The average molecular weight is 349 g/mol. The fraction of sp³-hybridized carbons (Fsp3) is 0.167. The SMILES string of the molecule is CCCOC(=O)Oc1c2cc(Cl)ccc2cc2cccc(Cl)c12. The standard InChI is InChI=1S/C18H14Cl2O3/c1-2-8-22-18(21)23-17-14-10-13(19)7-6-11(14)9-12-4-3-5-15(20)16(12)17/h3-7,9-10H,2,8H2,1H3. The van der Waals surface area contributed by atoms with Crippen LogP contribution in [0.15, 0.2) is 42.5 Å². The molecule has 3 aromatic rings. The first kappa shape index (κ1) is 15.9. The molecule has 0 N–H and O–H groups in total. The van der Waals surface area contributed by atoms with E-state index in [0.29, 0.717) is 33.2 Å². The zero-order valence-electron chi connectivity index (χ0n) is 12.4. The van der Waals surface area contributed by atoms with Gasteiger partial charge in [0.05, 0.1) is 11.6 Å². The molecule has 0 spiro atoms. The third-order valence-corrected chi connectivity index (χ3v) is 4.00. The first-order chi connectivity index (χ1) is 11.1. The zero-order valence-corrected chi connectivity index (χ0v) is 13.9. The van der Waals surface area contributed by atoms with Crippen LogP contribution in [0.5, 0.6) is 5.75 Å². The fourth-order valence-electron chi connectivity index (χ4n) is 2.46. The van der Waals surface area contributed by atoms with Gasteiger partial charge < -0.3 is 9.47 Å². The maximum Gasteiger partial charge on any atom is 0.513 e. The molecule has 0 aliphatic rings. The van der Waals surface area contributed by atoms with Crippen LogP contribution in [0.2, 0.25) is 10.0 Å². The normalized spacial score (nSPS) is 10.9. The minimum Gasteiger partial charge on any atom is -0.434 e. The summed E-state index contributed by atoms with van der Waals surface area (Å²) in [5.74, 6) is 0.367. The first-order valence-corrected chi connectivity index (χ1v) is 8.01. The summed E-state index contributed by atoms with van der Waals surface area (Å²) < 4.78 is 10.5. The van der Waals surface area contributed by atoms with Crippen molar-refractivity contribution >= 4 is 50.9 Å². The van der Waals surface area contributed by atoms with Gasteiger partial charge in [0.1, 0.15) is 0 Å². The second-order valence-electron chi connectivity index (χ2n) is 5.11. The van der Waals surface area contributed by atoms with Crippen LogP contribution in [0.1, 0.15) is 13.3 Å². The van der Waals surface area contributed by atoms with Gasteiger partial charge in [0.15, 0.2) is 5.75 Å². The van der Waals surface area contributed by atoms with E-state index in [0.717, 1.165) is 17.2 Å². The van der Waals surface area contributed by atoms with Gasteiger partial charge in [0.25, 0.3) is 0 Å². The second kappa shape index (κ2) is 6.65. The van der Waals surface area contributed by atoms with Crippen molar-refractivity contribution in [1.82, 2.24) is 0 Å². The average Bonchev–Trinajstić information content (AvgIpc) is 2.53. The van der Waals surface area contributed by atoms with Crippen LogP contribution in [0, 0.1) is 0 Å². The van der Waals surface area contributed by atoms with Gasteiger partial charge in [-0.15, -0.1) is 0 Å². The van der Waals surface area contributed by atoms with E-state index in [1.165, 1.54) is 0 Å². The van der Waals surface area contributed by atoms with E-state index in [9.17, 15) is 4.79 Å². The van der Waals surface area contributed by atoms with Crippen LogP contribution < -0.4 is 4.74 Å². The summed E-state index contributed by atoms with van der Waals surface area (Å²) in [6.07, 6.45) is -0.0293. The van der Waals surface area contributed by atoms with Gasteiger partial charge in [-0.05, 0) is 41.5 Å². The summed E-state index contributed by atoms with van der Waals surface area (Å²) in [7, 11) is 0. The van der Waals surface area contributed by atoms with E-state index in [4.69, 9.17) is 32.7 Å². The van der Waals surface area contributed by atoms with E-state index in [-0.39, 0.29) is 0 Å². The van der Waals surface area contributed by atoms with Crippen molar-refractivity contribution in [1.29, 1.82) is 0 Å². The summed E-state index contributed by atoms with van der Waals surface area (Å²) in [6.45, 7) is 2.22. The highest BCUT2D eigenvalue weighted by Crippen LogP contribution is 2.40. The van der Waals surface area contributed by atoms with Crippen molar-refractivity contribution in [2.24, 2.45) is 0 Å². The van der Waals surface area contributed by atoms with Crippen LogP contribution >= 0.6 is 23.2 Å². The van der Waals surface area contributed by atoms with Gasteiger partial charge in [-0.2, -0.15) is 0 Å². The summed E-state index contributed by atoms with van der Waals surface area (Å²) in [5, 5.41) is 4.22. The molecule has 0 saturated carbocycles. The first-order valence-electron chi connectivity index (χ1n) is 7.25. The number of fused-ring (bicyclic) bond motifs is 2. The minimum absolute atomic E-state index is 0.302. The Labute approximate surface area is 143 Å². The fourth-order valence-corrected chi connectivity index (χ4v) is 2.90. The topological polar surface area (TPSA) is 35.5 Å². The van der Waals surface area contributed by atoms with Gasteiger partial charge in [-0.3, -0.25) is 0 Å². The van der Waals surface area contributed by atoms with Gasteiger partial charge in [-0.25, -0.2) is 4.79 Å². The largest absolute Gasteiger partial charge is 0.513 e. The molecule has 0 aliphatic heterocycles. The number of ether oxygens (including phenoxy) is 2. The second-order valence-corrected chi connectivity index (χ2v) is 5.95. The number of halogens is 2. The quantitative estimate of drug-likeness (QED) is 0.320. The molecule has 0 atom stereocenters. The highest BCUT2D eigenvalue weighted by Gasteiger charge is 2.16. The molecular weight excluding hydrogens is 335 g/mol. The van der Waals surface area contributed by atoms with E-state index < -0.39 is 6.16 Å². The van der Waals surface area contributed by atoms with Gasteiger partial charge in [0.2, 0.25) is 0 Å². The van der Waals surface area contributed by atoms with Crippen LogP contribution in [0.3, 0.4) is 0 Å². The van der Waals surface area contributed by atoms with Crippen molar-refractivity contribution in [3.05, 3.63) is 52.5 Å². The van der Waals surface area contributed by atoms with Crippen LogP contribution in [-0.2, 0) is 4.74 Å². The molecule has 118 valence electrons. The molecule has 0 fully saturated rings. The molecule has 0 unspecified atom stereocenters. The Morgan fingerprint density at radius 2 is 1.91 bits per heavy atom. The van der Waals surface area contributed by atoms with Crippen molar-refractivity contribution in [2.45, 2.75) is 13.3 Å². The van der Waals surface area contributed by atoms with Gasteiger partial charge in [-0.1, -0.05) is 48.3 Å². The lowest BCUT2D eigenvalue weighted by molar-refractivity contribution is 0.100. The highest BCUT2D eigenvalue weighted by molar-refractivity contribution is 6.37.